The van der Waals surface area contributed by atoms with Crippen LogP contribution in [0.5, 0.6) is 5.75 Å². The van der Waals surface area contributed by atoms with Crippen molar-refractivity contribution in [2.24, 2.45) is 0 Å². The minimum Gasteiger partial charge on any atom is -0.497 e. The zero-order chi connectivity index (χ0) is 23.9. The van der Waals surface area contributed by atoms with Crippen molar-refractivity contribution in [3.8, 4) is 17.0 Å². The summed E-state index contributed by atoms with van der Waals surface area (Å²) in [6.45, 7) is 0. The van der Waals surface area contributed by atoms with Crippen molar-refractivity contribution in [2.45, 2.75) is 4.90 Å². The third kappa shape index (κ3) is 6.47. The summed E-state index contributed by atoms with van der Waals surface area (Å²) in [6, 6.07) is 22.2. The Bertz CT molecular complexity index is 1310. The van der Waals surface area contributed by atoms with Gasteiger partial charge in [-0.2, -0.15) is 0 Å². The summed E-state index contributed by atoms with van der Waals surface area (Å²) in [6.07, 6.45) is 0. The molecule has 3 aromatic carbocycles. The molecule has 0 atom stereocenters. The minimum absolute atomic E-state index is 0.146. The number of nitrogens with zero attached hydrogens (tertiary/aromatic N) is 1. The van der Waals surface area contributed by atoms with Crippen LogP contribution in [0.2, 0.25) is 0 Å². The highest BCUT2D eigenvalue weighted by molar-refractivity contribution is 9.10. The lowest BCUT2D eigenvalue weighted by Gasteiger charge is -2.08. The molecule has 1 aromatic heterocycles. The van der Waals surface area contributed by atoms with Crippen molar-refractivity contribution in [3.05, 3.63) is 88.2 Å². The zero-order valence-electron chi connectivity index (χ0n) is 18.1. The molecule has 0 aliphatic heterocycles. The molecule has 0 aliphatic carbocycles. The Balaban J connectivity index is 1.31. The summed E-state index contributed by atoms with van der Waals surface area (Å²) < 4.78 is 6.17. The van der Waals surface area contributed by atoms with Gasteiger partial charge < -0.3 is 15.4 Å². The van der Waals surface area contributed by atoms with E-state index in [1.165, 1.54) is 23.1 Å². The number of ether oxygens (including phenoxy) is 1. The third-order valence-electron chi connectivity index (χ3n) is 4.68. The average Bonchev–Trinajstić information content (AvgIpc) is 3.32. The second-order valence-corrected chi connectivity index (χ2v) is 9.92. The Morgan fingerprint density at radius 3 is 2.62 bits per heavy atom. The van der Waals surface area contributed by atoms with E-state index in [4.69, 9.17) is 4.74 Å². The first kappa shape index (κ1) is 24.0. The van der Waals surface area contributed by atoms with Crippen LogP contribution in [0.4, 0.5) is 10.8 Å². The second-order valence-electron chi connectivity index (χ2n) is 7.10. The molecule has 0 saturated carbocycles. The number of hydrogen-bond acceptors (Lipinski definition) is 6. The average molecular weight is 554 g/mol. The molecule has 172 valence electrons. The summed E-state index contributed by atoms with van der Waals surface area (Å²) in [5.41, 5.74) is 2.96. The van der Waals surface area contributed by atoms with Crippen LogP contribution in [-0.2, 0) is 4.79 Å². The molecule has 4 aromatic rings. The molecule has 2 N–H and O–H groups in total. The van der Waals surface area contributed by atoms with Crippen molar-refractivity contribution in [2.75, 3.05) is 23.5 Å². The topological polar surface area (TPSA) is 80.3 Å². The fraction of sp³-hybridized carbons (Fsp3) is 0.0800. The van der Waals surface area contributed by atoms with Crippen LogP contribution in [-0.4, -0.2) is 29.7 Å². The zero-order valence-corrected chi connectivity index (χ0v) is 21.3. The van der Waals surface area contributed by atoms with Gasteiger partial charge in [-0.3, -0.25) is 9.59 Å². The predicted molar refractivity (Wildman–Crippen MR) is 142 cm³/mol. The fourth-order valence-electron chi connectivity index (χ4n) is 3.02. The lowest BCUT2D eigenvalue weighted by molar-refractivity contribution is -0.113. The van der Waals surface area contributed by atoms with Gasteiger partial charge in [0.1, 0.15) is 5.75 Å². The van der Waals surface area contributed by atoms with Crippen molar-refractivity contribution < 1.29 is 14.3 Å². The molecule has 6 nitrogen and oxygen atoms in total. The first-order chi connectivity index (χ1) is 16.5. The van der Waals surface area contributed by atoms with Crippen LogP contribution in [0.25, 0.3) is 11.3 Å². The monoisotopic (exact) mass is 553 g/mol. The third-order valence-corrected chi connectivity index (χ3v) is 6.96. The van der Waals surface area contributed by atoms with Gasteiger partial charge in [-0.25, -0.2) is 4.98 Å². The molecule has 9 heteroatoms. The maximum atomic E-state index is 12.5. The molecule has 0 bridgehead atoms. The maximum Gasteiger partial charge on any atom is 0.255 e. The van der Waals surface area contributed by atoms with Crippen LogP contribution in [0, 0.1) is 0 Å². The largest absolute Gasteiger partial charge is 0.497 e. The molecule has 0 saturated heterocycles. The van der Waals surface area contributed by atoms with Crippen LogP contribution >= 0.6 is 39.0 Å². The molecule has 0 radical (unpaired) electrons. The SMILES string of the molecule is COc1cccc(C(=O)Nc2cccc(SCC(=O)Nc3nc(-c4ccc(Br)cc4)cs3)c2)c1. The number of anilines is 2. The van der Waals surface area contributed by atoms with E-state index in [0.29, 0.717) is 22.1 Å². The Morgan fingerprint density at radius 1 is 1.03 bits per heavy atom. The van der Waals surface area contributed by atoms with E-state index in [2.05, 4.69) is 31.5 Å². The van der Waals surface area contributed by atoms with E-state index in [-0.39, 0.29) is 17.6 Å². The molecule has 1 heterocycles. The number of rotatable bonds is 8. The van der Waals surface area contributed by atoms with Gasteiger partial charge >= 0.3 is 0 Å². The molecule has 0 fully saturated rings. The maximum absolute atomic E-state index is 12.5. The highest BCUT2D eigenvalue weighted by Gasteiger charge is 2.11. The second kappa shape index (κ2) is 11.3. The summed E-state index contributed by atoms with van der Waals surface area (Å²) in [5, 5.41) is 8.20. The molecule has 34 heavy (non-hydrogen) atoms. The summed E-state index contributed by atoms with van der Waals surface area (Å²) >= 11 is 6.19. The number of nitrogens with one attached hydrogen (secondary N) is 2. The number of thioether (sulfide) groups is 1. The summed E-state index contributed by atoms with van der Waals surface area (Å²) in [4.78, 5) is 30.3. The van der Waals surface area contributed by atoms with Gasteiger partial charge in [0.25, 0.3) is 5.91 Å². The lowest BCUT2D eigenvalue weighted by Crippen LogP contribution is -2.14. The quantitative estimate of drug-likeness (QED) is 0.241. The lowest BCUT2D eigenvalue weighted by atomic mass is 10.2. The van der Waals surface area contributed by atoms with Crippen LogP contribution in [0.15, 0.2) is 87.5 Å². The summed E-state index contributed by atoms with van der Waals surface area (Å²) in [5.74, 6) is 0.462. The molecule has 2 amide bonds. The van der Waals surface area contributed by atoms with Gasteiger partial charge in [0.2, 0.25) is 5.91 Å². The Morgan fingerprint density at radius 2 is 1.82 bits per heavy atom. The van der Waals surface area contributed by atoms with Gasteiger partial charge in [-0.1, -0.05) is 40.2 Å². The van der Waals surface area contributed by atoms with Crippen molar-refractivity contribution in [1.29, 1.82) is 0 Å². The van der Waals surface area contributed by atoms with Crippen LogP contribution in [0.3, 0.4) is 0 Å². The van der Waals surface area contributed by atoms with E-state index < -0.39 is 0 Å². The van der Waals surface area contributed by atoms with Crippen LogP contribution < -0.4 is 15.4 Å². The predicted octanol–water partition coefficient (Wildman–Crippen LogP) is 6.56. The van der Waals surface area contributed by atoms with Crippen molar-refractivity contribution >= 4 is 61.7 Å². The number of thiazole rings is 1. The summed E-state index contributed by atoms with van der Waals surface area (Å²) in [7, 11) is 1.56. The molecular formula is C25H20BrN3O3S2. The van der Waals surface area contributed by atoms with E-state index >= 15 is 0 Å². The molecule has 0 aliphatic rings. The number of hydrogen-bond donors (Lipinski definition) is 2. The van der Waals surface area contributed by atoms with E-state index in [9.17, 15) is 9.59 Å². The van der Waals surface area contributed by atoms with Crippen LogP contribution in [0.1, 0.15) is 10.4 Å². The molecule has 0 unspecified atom stereocenters. The van der Waals surface area contributed by atoms with Crippen molar-refractivity contribution in [3.63, 3.8) is 0 Å². The van der Waals surface area contributed by atoms with E-state index in [0.717, 1.165) is 20.6 Å². The molecular weight excluding hydrogens is 534 g/mol. The Hall–Kier alpha value is -3.14. The first-order valence-electron chi connectivity index (χ1n) is 10.2. The number of carbonyl (C=O) groups excluding carboxylic acids is 2. The Labute approximate surface area is 213 Å². The number of methoxy groups -OCH3 is 1. The normalized spacial score (nSPS) is 10.5. The van der Waals surface area contributed by atoms with Gasteiger partial charge in [-0.15, -0.1) is 23.1 Å². The standard InChI is InChI=1S/C25H20BrN3O3S2/c1-32-20-6-2-4-17(12-20)24(31)27-19-5-3-7-21(13-19)33-15-23(30)29-25-28-22(14-34-25)16-8-10-18(26)11-9-16/h2-14H,15H2,1H3,(H,27,31)(H,28,29,30). The number of amides is 2. The number of carbonyl (C=O) groups is 2. The first-order valence-corrected chi connectivity index (χ1v) is 12.9. The number of benzene rings is 3. The number of halogens is 1. The Kier molecular flexibility index (Phi) is 7.99. The highest BCUT2D eigenvalue weighted by Crippen LogP contribution is 2.27. The highest BCUT2D eigenvalue weighted by atomic mass is 79.9. The molecule has 4 rings (SSSR count). The molecule has 0 spiro atoms. The fourth-order valence-corrected chi connectivity index (χ4v) is 4.78. The van der Waals surface area contributed by atoms with Gasteiger partial charge in [-0.05, 0) is 48.5 Å². The van der Waals surface area contributed by atoms with E-state index in [1.807, 2.05) is 47.8 Å². The minimum atomic E-state index is -0.232. The number of aromatic nitrogens is 1. The van der Waals surface area contributed by atoms with Gasteiger partial charge in [0, 0.05) is 31.6 Å². The van der Waals surface area contributed by atoms with Crippen molar-refractivity contribution in [1.82, 2.24) is 4.98 Å². The smallest absolute Gasteiger partial charge is 0.255 e. The van der Waals surface area contributed by atoms with E-state index in [1.54, 1.807) is 37.4 Å². The van der Waals surface area contributed by atoms with Gasteiger partial charge in [0.05, 0.1) is 18.6 Å². The van der Waals surface area contributed by atoms with Gasteiger partial charge in [0.15, 0.2) is 5.13 Å².